The van der Waals surface area contributed by atoms with Crippen LogP contribution in [0, 0.1) is 5.82 Å². The molecule has 0 heterocycles. The molecule has 0 amide bonds. The summed E-state index contributed by atoms with van der Waals surface area (Å²) in [5.74, 6) is -4.42. The molecule has 0 saturated carbocycles. The Balaban J connectivity index is 2.22. The molecule has 0 saturated heterocycles. The van der Waals surface area contributed by atoms with Gasteiger partial charge in [0.2, 0.25) is 0 Å². The molecule has 3 aromatic carbocycles. The lowest BCUT2D eigenvalue weighted by atomic mass is 10.1. The molecule has 152 valence electrons. The number of carboxylic acids is 1. The Bertz CT molecular complexity index is 1340. The lowest BCUT2D eigenvalue weighted by Crippen LogP contribution is -2.17. The van der Waals surface area contributed by atoms with Gasteiger partial charge in [0.1, 0.15) is 16.5 Å². The first-order valence-electron chi connectivity index (χ1n) is 7.99. The average Bonchev–Trinajstić information content (AvgIpc) is 2.63. The van der Waals surface area contributed by atoms with Crippen LogP contribution in [0.25, 0.3) is 10.8 Å². The fourth-order valence-electron chi connectivity index (χ4n) is 2.73. The van der Waals surface area contributed by atoms with Crippen LogP contribution in [0.5, 0.6) is 5.75 Å². The van der Waals surface area contributed by atoms with Gasteiger partial charge in [-0.25, -0.2) is 21.2 Å². The van der Waals surface area contributed by atoms with Crippen LogP contribution in [0.3, 0.4) is 0 Å². The van der Waals surface area contributed by atoms with E-state index >= 15 is 0 Å². The number of sulfone groups is 1. The van der Waals surface area contributed by atoms with Gasteiger partial charge in [0.25, 0.3) is 10.0 Å². The second-order valence-corrected chi connectivity index (χ2v) is 9.67. The summed E-state index contributed by atoms with van der Waals surface area (Å²) in [6, 6.07) is 10.8. The molecule has 0 aromatic heterocycles. The average molecular weight is 439 g/mol. The Labute approximate surface area is 165 Å². The molecule has 0 unspecified atom stereocenters. The van der Waals surface area contributed by atoms with Crippen LogP contribution in [0.4, 0.5) is 10.1 Å². The number of rotatable bonds is 6. The van der Waals surface area contributed by atoms with Gasteiger partial charge < -0.3 is 10.2 Å². The molecule has 0 atom stereocenters. The van der Waals surface area contributed by atoms with Gasteiger partial charge in [0, 0.05) is 10.8 Å². The van der Waals surface area contributed by atoms with Crippen LogP contribution in [0.1, 0.15) is 0 Å². The molecule has 0 radical (unpaired) electrons. The molecular weight excluding hydrogens is 425 g/mol. The Hall–Kier alpha value is -3.18. The van der Waals surface area contributed by atoms with E-state index in [2.05, 4.69) is 4.72 Å². The number of aliphatic carboxylic acids is 1. The van der Waals surface area contributed by atoms with E-state index in [1.54, 1.807) is 0 Å². The lowest BCUT2D eigenvalue weighted by molar-refractivity contribution is -0.134. The molecule has 0 bridgehead atoms. The summed E-state index contributed by atoms with van der Waals surface area (Å²) in [5, 5.41) is 19.4. The van der Waals surface area contributed by atoms with Gasteiger partial charge in [-0.2, -0.15) is 0 Å². The maximum Gasteiger partial charge on any atom is 0.319 e. The number of nitrogens with one attached hydrogen (secondary N) is 1. The quantitative estimate of drug-likeness (QED) is 0.501. The molecule has 3 N–H and O–H groups in total. The summed E-state index contributed by atoms with van der Waals surface area (Å²) in [5.41, 5.74) is -0.216. The number of fused-ring (bicyclic) bond motifs is 1. The van der Waals surface area contributed by atoms with E-state index in [1.165, 1.54) is 30.3 Å². The predicted octanol–water partition coefficient (Wildman–Crippen LogP) is 2.34. The predicted molar refractivity (Wildman–Crippen MR) is 103 cm³/mol. The van der Waals surface area contributed by atoms with Crippen molar-refractivity contribution in [3.8, 4) is 5.75 Å². The Morgan fingerprint density at radius 1 is 0.966 bits per heavy atom. The number of halogens is 1. The zero-order valence-electron chi connectivity index (χ0n) is 14.5. The van der Waals surface area contributed by atoms with Gasteiger partial charge in [0.15, 0.2) is 15.6 Å². The largest absolute Gasteiger partial charge is 0.506 e. The normalized spacial score (nSPS) is 12.0. The highest BCUT2D eigenvalue weighted by Crippen LogP contribution is 2.38. The minimum Gasteiger partial charge on any atom is -0.506 e. The number of aromatic hydroxyl groups is 1. The zero-order valence-corrected chi connectivity index (χ0v) is 16.2. The van der Waals surface area contributed by atoms with Gasteiger partial charge >= 0.3 is 5.97 Å². The number of sulfonamides is 1. The van der Waals surface area contributed by atoms with Gasteiger partial charge in [-0.15, -0.1) is 0 Å². The molecule has 0 aliphatic heterocycles. The van der Waals surface area contributed by atoms with Crippen LogP contribution in [-0.2, 0) is 24.7 Å². The van der Waals surface area contributed by atoms with Crippen molar-refractivity contribution < 1.29 is 36.2 Å². The number of carboxylic acid groups (broad SMARTS) is 1. The lowest BCUT2D eigenvalue weighted by Gasteiger charge is -2.15. The van der Waals surface area contributed by atoms with Crippen molar-refractivity contribution in [3.05, 3.63) is 60.4 Å². The Kier molecular flexibility index (Phi) is 5.20. The Morgan fingerprint density at radius 2 is 1.62 bits per heavy atom. The monoisotopic (exact) mass is 439 g/mol. The fraction of sp³-hybridized carbons (Fsp3) is 0.0556. The van der Waals surface area contributed by atoms with Crippen molar-refractivity contribution in [1.82, 2.24) is 0 Å². The minimum absolute atomic E-state index is 0.00379. The number of hydrogen-bond acceptors (Lipinski definition) is 6. The SMILES string of the molecule is O=C(O)CS(=O)(=O)c1cc(NS(=O)(=O)c2cccc(F)c2)c2ccccc2c1O. The molecule has 0 aliphatic carbocycles. The van der Waals surface area contributed by atoms with Crippen LogP contribution in [0.2, 0.25) is 0 Å². The third kappa shape index (κ3) is 4.15. The first kappa shape index (κ1) is 20.6. The molecule has 11 heteroatoms. The summed E-state index contributed by atoms with van der Waals surface area (Å²) in [4.78, 5) is 9.75. The molecule has 29 heavy (non-hydrogen) atoms. The van der Waals surface area contributed by atoms with E-state index in [1.807, 2.05) is 0 Å². The number of phenolic OH excluding ortho intramolecular Hbond substituents is 1. The van der Waals surface area contributed by atoms with Crippen molar-refractivity contribution >= 4 is 42.3 Å². The van der Waals surface area contributed by atoms with E-state index in [0.29, 0.717) is 0 Å². The molecule has 8 nitrogen and oxygen atoms in total. The summed E-state index contributed by atoms with van der Waals surface area (Å²) in [6.45, 7) is 0. The van der Waals surface area contributed by atoms with Crippen LogP contribution in [0.15, 0.2) is 64.4 Å². The number of phenols is 1. The van der Waals surface area contributed by atoms with Gasteiger partial charge in [0.05, 0.1) is 10.6 Å². The highest BCUT2D eigenvalue weighted by atomic mass is 32.2. The van der Waals surface area contributed by atoms with E-state index in [0.717, 1.165) is 24.3 Å². The van der Waals surface area contributed by atoms with Crippen LogP contribution >= 0.6 is 0 Å². The third-order valence-corrected chi connectivity index (χ3v) is 6.95. The highest BCUT2D eigenvalue weighted by Gasteiger charge is 2.26. The molecule has 3 aromatic rings. The second-order valence-electron chi connectivity index (χ2n) is 6.03. The molecule has 0 fully saturated rings. The van der Waals surface area contributed by atoms with Gasteiger partial charge in [-0.3, -0.25) is 9.52 Å². The maximum atomic E-state index is 13.4. The van der Waals surface area contributed by atoms with Crippen LogP contribution in [-0.4, -0.2) is 38.8 Å². The third-order valence-electron chi connectivity index (χ3n) is 3.98. The van der Waals surface area contributed by atoms with E-state index in [9.17, 15) is 31.1 Å². The summed E-state index contributed by atoms with van der Waals surface area (Å²) in [6.07, 6.45) is 0. The topological polar surface area (TPSA) is 138 Å². The van der Waals surface area contributed by atoms with E-state index < -0.39 is 52.9 Å². The molecule has 0 spiro atoms. The highest BCUT2D eigenvalue weighted by molar-refractivity contribution is 7.93. The summed E-state index contributed by atoms with van der Waals surface area (Å²) in [7, 11) is -8.78. The fourth-order valence-corrected chi connectivity index (χ4v) is 5.02. The van der Waals surface area contributed by atoms with Crippen molar-refractivity contribution in [2.24, 2.45) is 0 Å². The van der Waals surface area contributed by atoms with Gasteiger partial charge in [-0.05, 0) is 24.3 Å². The summed E-state index contributed by atoms with van der Waals surface area (Å²) >= 11 is 0. The van der Waals surface area contributed by atoms with Crippen molar-refractivity contribution in [2.75, 3.05) is 10.5 Å². The van der Waals surface area contributed by atoms with Crippen molar-refractivity contribution in [2.45, 2.75) is 9.79 Å². The zero-order chi connectivity index (χ0) is 21.4. The van der Waals surface area contributed by atoms with Crippen molar-refractivity contribution in [3.63, 3.8) is 0 Å². The van der Waals surface area contributed by atoms with Crippen LogP contribution < -0.4 is 4.72 Å². The van der Waals surface area contributed by atoms with E-state index in [-0.39, 0.29) is 16.5 Å². The first-order valence-corrected chi connectivity index (χ1v) is 11.1. The smallest absolute Gasteiger partial charge is 0.319 e. The number of hydrogen-bond donors (Lipinski definition) is 3. The number of anilines is 1. The maximum absolute atomic E-state index is 13.4. The second kappa shape index (κ2) is 7.33. The molecular formula is C18H14FNO7S2. The molecule has 0 aliphatic rings. The number of benzene rings is 3. The molecule has 3 rings (SSSR count). The summed E-state index contributed by atoms with van der Waals surface area (Å²) < 4.78 is 65.6. The van der Waals surface area contributed by atoms with Gasteiger partial charge in [-0.1, -0.05) is 30.3 Å². The van der Waals surface area contributed by atoms with E-state index in [4.69, 9.17) is 5.11 Å². The van der Waals surface area contributed by atoms with Crippen molar-refractivity contribution in [1.29, 1.82) is 0 Å². The minimum atomic E-state index is -4.48. The first-order chi connectivity index (χ1) is 13.5. The standard InChI is InChI=1S/C18H14FNO7S2/c19-11-4-3-5-12(8-11)29(26,27)20-15-9-16(28(24,25)10-17(21)22)18(23)14-7-2-1-6-13(14)15/h1-9,20,23H,10H2,(H,21,22). The Morgan fingerprint density at radius 3 is 2.24 bits per heavy atom. The number of carbonyl (C=O) groups is 1.